The van der Waals surface area contributed by atoms with E-state index in [4.69, 9.17) is 1.37 Å². The molecule has 0 radical (unpaired) electrons. The maximum Gasteiger partial charge on any atom is 0.187 e. The lowest BCUT2D eigenvalue weighted by atomic mass is 10.4. The third-order valence-electron chi connectivity index (χ3n) is 3.38. The molecule has 7 heteroatoms. The summed E-state index contributed by atoms with van der Waals surface area (Å²) in [5.41, 5.74) is 3.46. The van der Waals surface area contributed by atoms with Gasteiger partial charge in [-0.25, -0.2) is 4.98 Å². The van der Waals surface area contributed by atoms with Crippen molar-refractivity contribution in [3.8, 4) is 5.75 Å². The van der Waals surface area contributed by atoms with Crippen LogP contribution in [0.3, 0.4) is 0 Å². The predicted octanol–water partition coefficient (Wildman–Crippen LogP) is 1.07. The first kappa shape index (κ1) is 9.48. The number of anilines is 3. The van der Waals surface area contributed by atoms with Crippen molar-refractivity contribution >= 4 is 23.5 Å². The van der Waals surface area contributed by atoms with Gasteiger partial charge in [0, 0.05) is 25.3 Å². The monoisotopic (exact) mass is 260 g/mol. The minimum absolute atomic E-state index is 0.0385. The molecule has 0 aromatic carbocycles. The van der Waals surface area contributed by atoms with Crippen LogP contribution >= 0.6 is 0 Å². The molecule has 0 saturated carbocycles. The van der Waals surface area contributed by atoms with Crippen LogP contribution in [0.15, 0.2) is 23.4 Å². The van der Waals surface area contributed by atoms with Crippen LogP contribution in [0.5, 0.6) is 5.75 Å². The summed E-state index contributed by atoms with van der Waals surface area (Å²) in [4.78, 5) is 6.54. The van der Waals surface area contributed by atoms with Gasteiger partial charge in [0.25, 0.3) is 0 Å². The highest BCUT2D eigenvalue weighted by Gasteiger charge is 2.42. The molecule has 0 bridgehead atoms. The molecule has 2 N–H and O–H groups in total. The van der Waals surface area contributed by atoms with E-state index in [9.17, 15) is 5.11 Å². The number of hydrogen-bond acceptors (Lipinski definition) is 7. The molecule has 0 unspecified atom stereocenters. The minimum atomic E-state index is -0.0385. The highest BCUT2D eigenvalue weighted by molar-refractivity contribution is 5.94. The van der Waals surface area contributed by atoms with Crippen LogP contribution in [-0.4, -0.2) is 34.6 Å². The second-order valence-electron chi connectivity index (χ2n) is 4.63. The van der Waals surface area contributed by atoms with Crippen LogP contribution in [0.1, 0.15) is 14.2 Å². The first-order chi connectivity index (χ1) is 9.77. The van der Waals surface area contributed by atoms with Gasteiger partial charge in [0.05, 0.1) is 7.59 Å². The first-order valence-electron chi connectivity index (χ1n) is 6.81. The maximum absolute atomic E-state index is 10.2. The molecule has 0 spiro atoms. The Hall–Kier alpha value is -2.44. The number of rotatable bonds is 2. The quantitative estimate of drug-likeness (QED) is 0.775. The van der Waals surface area contributed by atoms with Crippen LogP contribution in [0, 0.1) is 0 Å². The number of nitrogens with one attached hydrogen (secondary N) is 1. The molecule has 1 saturated heterocycles. The zero-order valence-corrected chi connectivity index (χ0v) is 10.2. The van der Waals surface area contributed by atoms with Crippen LogP contribution in [0.25, 0.3) is 0 Å². The average molecular weight is 260 g/mol. The van der Waals surface area contributed by atoms with E-state index in [1.54, 1.807) is 23.5 Å². The minimum Gasteiger partial charge on any atom is -0.505 e. The number of fused-ring (bicyclic) bond motifs is 1. The van der Waals surface area contributed by atoms with E-state index in [1.165, 1.54) is 5.23 Å². The summed E-state index contributed by atoms with van der Waals surface area (Å²) in [7, 11) is 0. The summed E-state index contributed by atoms with van der Waals surface area (Å²) in [6, 6.07) is 0.0877. The van der Waals surface area contributed by atoms with Gasteiger partial charge in [0.15, 0.2) is 11.5 Å². The van der Waals surface area contributed by atoms with Crippen molar-refractivity contribution in [3.63, 3.8) is 0 Å². The fourth-order valence-corrected chi connectivity index (χ4v) is 2.41. The van der Waals surface area contributed by atoms with Gasteiger partial charge < -0.3 is 10.0 Å². The Bertz CT molecular complexity index is 625. The number of pyridine rings is 1. The predicted molar refractivity (Wildman–Crippen MR) is 72.1 cm³/mol. The van der Waals surface area contributed by atoms with Gasteiger partial charge in [0.1, 0.15) is 11.6 Å². The molecule has 1 fully saturated rings. The lowest BCUT2D eigenvalue weighted by Crippen LogP contribution is -2.37. The van der Waals surface area contributed by atoms with Crippen molar-refractivity contribution < 1.29 is 6.48 Å². The second kappa shape index (κ2) is 3.78. The van der Waals surface area contributed by atoms with Crippen LogP contribution < -0.4 is 15.3 Å². The Balaban J connectivity index is 1.68. The normalized spacial score (nSPS) is 20.4. The van der Waals surface area contributed by atoms with Crippen molar-refractivity contribution in [1.82, 2.24) is 15.6 Å². The van der Waals surface area contributed by atoms with E-state index in [1.807, 2.05) is 4.90 Å². The molecule has 7 nitrogen and oxygen atoms in total. The Morgan fingerprint density at radius 1 is 1.37 bits per heavy atom. The standard InChI is InChI=1S/C12H14N6O/c19-9-8-10(16-6-1-2-7-16)15-12-11(9)17(12)18-13-4-3-5-14-18/h3-5,8,13H,1-2,6-7H2,(H,15,19)/i8T. The molecule has 4 heterocycles. The molecule has 0 atom stereocenters. The number of hydrazine groups is 2. The Morgan fingerprint density at radius 3 is 2.95 bits per heavy atom. The number of allylic oxidation sites excluding steroid dienone is 1. The van der Waals surface area contributed by atoms with E-state index >= 15 is 0 Å². The fraction of sp³-hybridized carbons (Fsp3) is 0.333. The summed E-state index contributed by atoms with van der Waals surface area (Å²) in [5.74, 6) is 1.15. The molecular weight excluding hydrogens is 244 g/mol. The zero-order chi connectivity index (χ0) is 13.7. The first-order valence-corrected chi connectivity index (χ1v) is 6.31. The number of hydrazone groups is 1. The van der Waals surface area contributed by atoms with Crippen molar-refractivity contribution in [3.05, 3.63) is 18.3 Å². The van der Waals surface area contributed by atoms with Gasteiger partial charge >= 0.3 is 0 Å². The van der Waals surface area contributed by atoms with Gasteiger partial charge in [-0.05, 0) is 18.9 Å². The molecule has 3 aliphatic heterocycles. The topological polar surface area (TPSA) is 67.0 Å². The molecule has 4 rings (SSSR count). The SMILES string of the molecule is [3H]c1c(N2CCCC2)nc2c(c1O)N2N1N=CC=CN1. The summed E-state index contributed by atoms with van der Waals surface area (Å²) in [6.07, 6.45) is 7.34. The molecule has 3 aliphatic rings. The largest absolute Gasteiger partial charge is 0.505 e. The molecule has 19 heavy (non-hydrogen) atoms. The smallest absolute Gasteiger partial charge is 0.187 e. The van der Waals surface area contributed by atoms with Crippen molar-refractivity contribution in [1.29, 1.82) is 0 Å². The third-order valence-corrected chi connectivity index (χ3v) is 3.38. The fourth-order valence-electron chi connectivity index (χ4n) is 2.41. The Morgan fingerprint density at radius 2 is 2.21 bits per heavy atom. The van der Waals surface area contributed by atoms with Crippen molar-refractivity contribution in [2.24, 2.45) is 5.10 Å². The van der Waals surface area contributed by atoms with E-state index < -0.39 is 0 Å². The van der Waals surface area contributed by atoms with Gasteiger partial charge in [-0.1, -0.05) is 0 Å². The number of nitrogens with zero attached hydrogens (tertiary/aromatic N) is 5. The summed E-state index contributed by atoms with van der Waals surface area (Å²) < 4.78 is 8.07. The molecule has 1 aromatic heterocycles. The van der Waals surface area contributed by atoms with E-state index in [0.717, 1.165) is 25.9 Å². The lowest BCUT2D eigenvalue weighted by Gasteiger charge is -2.20. The summed E-state index contributed by atoms with van der Waals surface area (Å²) >= 11 is 0. The van der Waals surface area contributed by atoms with Crippen LogP contribution in [0.4, 0.5) is 17.3 Å². The third kappa shape index (κ3) is 1.58. The van der Waals surface area contributed by atoms with Crippen molar-refractivity contribution in [2.45, 2.75) is 12.8 Å². The maximum atomic E-state index is 10.2. The number of hydrogen-bond donors (Lipinski definition) is 2. The summed E-state index contributed by atoms with van der Waals surface area (Å²) in [5, 5.41) is 17.4. The average Bonchev–Trinajstić information content (AvgIpc) is 2.94. The van der Waals surface area contributed by atoms with Crippen LogP contribution in [0.2, 0.25) is 0 Å². The van der Waals surface area contributed by atoms with Crippen LogP contribution in [-0.2, 0) is 0 Å². The van der Waals surface area contributed by atoms with Crippen molar-refractivity contribution in [2.75, 3.05) is 23.0 Å². The Labute approximate surface area is 111 Å². The van der Waals surface area contributed by atoms with E-state index in [2.05, 4.69) is 15.5 Å². The highest BCUT2D eigenvalue weighted by Crippen LogP contribution is 2.54. The molecular formula is C12H14N6O. The van der Waals surface area contributed by atoms with Gasteiger partial charge in [-0.3, -0.25) is 5.43 Å². The van der Waals surface area contributed by atoms with Gasteiger partial charge in [-0.15, -0.1) is 10.3 Å². The number of aromatic hydroxyl groups is 1. The molecule has 0 aliphatic carbocycles. The zero-order valence-electron chi connectivity index (χ0n) is 11.2. The number of aromatic nitrogens is 1. The highest BCUT2D eigenvalue weighted by atomic mass is 16.3. The molecule has 0 amide bonds. The van der Waals surface area contributed by atoms with Gasteiger partial charge in [0.2, 0.25) is 0 Å². The Kier molecular flexibility index (Phi) is 1.88. The second-order valence-corrected chi connectivity index (χ2v) is 4.63. The van der Waals surface area contributed by atoms with Gasteiger partial charge in [-0.2, -0.15) is 5.01 Å². The van der Waals surface area contributed by atoms with E-state index in [-0.39, 0.29) is 11.8 Å². The molecule has 98 valence electrons. The van der Waals surface area contributed by atoms with E-state index in [0.29, 0.717) is 17.3 Å². The molecule has 1 aromatic rings. The lowest BCUT2D eigenvalue weighted by molar-refractivity contribution is 0.249. The summed E-state index contributed by atoms with van der Waals surface area (Å²) in [6.45, 7) is 1.78.